The van der Waals surface area contributed by atoms with Crippen LogP contribution in [0.3, 0.4) is 0 Å². The molecule has 0 unspecified atom stereocenters. The van der Waals surface area contributed by atoms with E-state index in [1.807, 2.05) is 19.9 Å². The van der Waals surface area contributed by atoms with E-state index < -0.39 is 5.97 Å². The number of nitrogens with zero attached hydrogens (tertiary/aromatic N) is 1. The molecule has 152 valence electrons. The van der Waals surface area contributed by atoms with Crippen LogP contribution in [0.5, 0.6) is 5.75 Å². The lowest BCUT2D eigenvalue weighted by Gasteiger charge is -2.26. The fraction of sp³-hybridized carbons (Fsp3) is 0.318. The summed E-state index contributed by atoms with van der Waals surface area (Å²) >= 11 is 6.26. The van der Waals surface area contributed by atoms with Gasteiger partial charge in [-0.05, 0) is 49.1 Å². The SMILES string of the molecule is CC.O=C(O)c1cccc(Cc2n[nH]c(=O)c3ccc(OC4CCC4)cc23)c1Cl. The smallest absolute Gasteiger partial charge is 0.337 e. The van der Waals surface area contributed by atoms with Crippen molar-refractivity contribution in [2.24, 2.45) is 0 Å². The zero-order chi connectivity index (χ0) is 21.0. The van der Waals surface area contributed by atoms with Crippen LogP contribution in [0.2, 0.25) is 5.02 Å². The van der Waals surface area contributed by atoms with E-state index in [4.69, 9.17) is 16.3 Å². The van der Waals surface area contributed by atoms with Crippen molar-refractivity contribution in [1.29, 1.82) is 0 Å². The number of aromatic carboxylic acids is 1. The monoisotopic (exact) mass is 414 g/mol. The van der Waals surface area contributed by atoms with E-state index in [9.17, 15) is 14.7 Å². The van der Waals surface area contributed by atoms with Gasteiger partial charge in [0.05, 0.1) is 27.8 Å². The number of benzene rings is 2. The highest BCUT2D eigenvalue weighted by Gasteiger charge is 2.20. The van der Waals surface area contributed by atoms with Crippen molar-refractivity contribution >= 4 is 28.3 Å². The van der Waals surface area contributed by atoms with Crippen LogP contribution in [0.4, 0.5) is 0 Å². The molecular formula is C22H23ClN2O4. The van der Waals surface area contributed by atoms with Gasteiger partial charge < -0.3 is 9.84 Å². The topological polar surface area (TPSA) is 92.3 Å². The largest absolute Gasteiger partial charge is 0.490 e. The quantitative estimate of drug-likeness (QED) is 0.624. The summed E-state index contributed by atoms with van der Waals surface area (Å²) < 4.78 is 5.93. The van der Waals surface area contributed by atoms with Crippen LogP contribution < -0.4 is 10.3 Å². The second kappa shape index (κ2) is 9.09. The molecule has 0 atom stereocenters. The minimum absolute atomic E-state index is 0.0388. The summed E-state index contributed by atoms with van der Waals surface area (Å²) in [7, 11) is 0. The molecule has 0 amide bonds. The van der Waals surface area contributed by atoms with Crippen LogP contribution in [0.25, 0.3) is 10.8 Å². The molecule has 2 aromatic carbocycles. The molecule has 1 fully saturated rings. The zero-order valence-corrected chi connectivity index (χ0v) is 17.1. The number of rotatable bonds is 5. The van der Waals surface area contributed by atoms with Crippen molar-refractivity contribution in [2.45, 2.75) is 45.6 Å². The number of halogens is 1. The molecule has 7 heteroatoms. The Bertz CT molecular complexity index is 1090. The van der Waals surface area contributed by atoms with Gasteiger partial charge in [-0.1, -0.05) is 37.6 Å². The average Bonchev–Trinajstić information content (AvgIpc) is 2.69. The lowest BCUT2D eigenvalue weighted by Crippen LogP contribution is -2.24. The molecule has 0 bridgehead atoms. The summed E-state index contributed by atoms with van der Waals surface area (Å²) in [5.74, 6) is -0.386. The first-order valence-corrected chi connectivity index (χ1v) is 10.1. The van der Waals surface area contributed by atoms with E-state index in [0.29, 0.717) is 34.2 Å². The lowest BCUT2D eigenvalue weighted by molar-refractivity contribution is 0.0697. The Morgan fingerprint density at radius 1 is 1.24 bits per heavy atom. The van der Waals surface area contributed by atoms with Gasteiger partial charge in [0.2, 0.25) is 0 Å². The molecule has 1 aliphatic carbocycles. The minimum Gasteiger partial charge on any atom is -0.490 e. The molecule has 0 spiro atoms. The Morgan fingerprint density at radius 2 is 2.00 bits per heavy atom. The van der Waals surface area contributed by atoms with Crippen molar-refractivity contribution in [3.05, 3.63) is 68.6 Å². The van der Waals surface area contributed by atoms with Crippen LogP contribution in [0, 0.1) is 0 Å². The number of carboxylic acid groups (broad SMARTS) is 1. The van der Waals surface area contributed by atoms with Gasteiger partial charge in [0, 0.05) is 11.8 Å². The number of aromatic amines is 1. The van der Waals surface area contributed by atoms with Crippen LogP contribution in [-0.4, -0.2) is 27.4 Å². The van der Waals surface area contributed by atoms with E-state index in [2.05, 4.69) is 10.2 Å². The molecule has 4 rings (SSSR count). The molecule has 29 heavy (non-hydrogen) atoms. The molecule has 6 nitrogen and oxygen atoms in total. The molecule has 1 aromatic heterocycles. The Balaban J connectivity index is 0.00000117. The van der Waals surface area contributed by atoms with Crippen molar-refractivity contribution < 1.29 is 14.6 Å². The van der Waals surface area contributed by atoms with E-state index >= 15 is 0 Å². The number of H-pyrrole nitrogens is 1. The third-order valence-electron chi connectivity index (χ3n) is 4.86. The number of aromatic nitrogens is 2. The summed E-state index contributed by atoms with van der Waals surface area (Å²) in [6.45, 7) is 4.00. The minimum atomic E-state index is -1.09. The van der Waals surface area contributed by atoms with Crippen LogP contribution in [0.15, 0.2) is 41.2 Å². The van der Waals surface area contributed by atoms with Gasteiger partial charge in [0.1, 0.15) is 5.75 Å². The average molecular weight is 415 g/mol. The fourth-order valence-corrected chi connectivity index (χ4v) is 3.42. The van der Waals surface area contributed by atoms with Gasteiger partial charge in [0.25, 0.3) is 5.56 Å². The molecular weight excluding hydrogens is 392 g/mol. The first kappa shape index (κ1) is 20.9. The summed E-state index contributed by atoms with van der Waals surface area (Å²) in [5.41, 5.74) is 0.988. The van der Waals surface area contributed by atoms with Crippen molar-refractivity contribution in [1.82, 2.24) is 10.2 Å². The summed E-state index contributed by atoms with van der Waals surface area (Å²) in [6.07, 6.45) is 3.76. The number of hydrogen-bond acceptors (Lipinski definition) is 4. The van der Waals surface area contributed by atoms with Gasteiger partial charge >= 0.3 is 5.97 Å². The zero-order valence-electron chi connectivity index (χ0n) is 16.4. The van der Waals surface area contributed by atoms with Crippen LogP contribution in [0.1, 0.15) is 54.7 Å². The first-order valence-electron chi connectivity index (χ1n) is 9.71. The van der Waals surface area contributed by atoms with Gasteiger partial charge in [-0.2, -0.15) is 5.10 Å². The molecule has 1 saturated carbocycles. The maximum absolute atomic E-state index is 12.1. The molecule has 1 heterocycles. The third-order valence-corrected chi connectivity index (χ3v) is 5.31. The van der Waals surface area contributed by atoms with Crippen molar-refractivity contribution in [3.8, 4) is 5.75 Å². The van der Waals surface area contributed by atoms with E-state index in [0.717, 1.165) is 12.8 Å². The Kier molecular flexibility index (Phi) is 6.54. The lowest BCUT2D eigenvalue weighted by atomic mass is 9.96. The molecule has 3 aromatic rings. The summed E-state index contributed by atoms with van der Waals surface area (Å²) in [4.78, 5) is 23.4. The van der Waals surface area contributed by atoms with Crippen molar-refractivity contribution in [3.63, 3.8) is 0 Å². The highest BCUT2D eigenvalue weighted by atomic mass is 35.5. The second-order valence-corrected chi connectivity index (χ2v) is 7.02. The number of nitrogens with one attached hydrogen (secondary N) is 1. The predicted octanol–water partition coefficient (Wildman–Crippen LogP) is 4.82. The Morgan fingerprint density at radius 3 is 2.66 bits per heavy atom. The van der Waals surface area contributed by atoms with E-state index in [1.165, 1.54) is 12.5 Å². The second-order valence-electron chi connectivity index (χ2n) is 6.64. The summed E-state index contributed by atoms with van der Waals surface area (Å²) in [6, 6.07) is 10.2. The van der Waals surface area contributed by atoms with E-state index in [1.54, 1.807) is 24.3 Å². The summed E-state index contributed by atoms with van der Waals surface area (Å²) in [5, 5.41) is 17.3. The number of ether oxygens (including phenoxy) is 1. The third kappa shape index (κ3) is 4.43. The van der Waals surface area contributed by atoms with Crippen LogP contribution >= 0.6 is 11.6 Å². The van der Waals surface area contributed by atoms with Gasteiger partial charge in [-0.25, -0.2) is 9.89 Å². The number of fused-ring (bicyclic) bond motifs is 1. The number of carboxylic acids is 1. The number of carbonyl (C=O) groups is 1. The first-order chi connectivity index (χ1) is 14.0. The molecule has 1 aliphatic rings. The van der Waals surface area contributed by atoms with E-state index in [-0.39, 0.29) is 22.2 Å². The van der Waals surface area contributed by atoms with Crippen molar-refractivity contribution in [2.75, 3.05) is 0 Å². The van der Waals surface area contributed by atoms with Crippen LogP contribution in [-0.2, 0) is 6.42 Å². The van der Waals surface area contributed by atoms with Gasteiger partial charge in [-0.3, -0.25) is 4.79 Å². The molecule has 0 aliphatic heterocycles. The highest BCUT2D eigenvalue weighted by Crippen LogP contribution is 2.29. The Labute approximate surface area is 173 Å². The maximum atomic E-state index is 12.1. The number of hydrogen-bond donors (Lipinski definition) is 2. The molecule has 0 radical (unpaired) electrons. The standard InChI is InChI=1S/C20H17ClN2O4.C2H6/c21-18-11(3-1-6-15(18)20(25)26)9-17-16-10-13(27-12-4-2-5-12)7-8-14(16)19(24)23-22-17;1-2/h1,3,6-8,10,12H,2,4-5,9H2,(H,23,24)(H,25,26);1-2H3. The Hall–Kier alpha value is -2.86. The molecule has 0 saturated heterocycles. The maximum Gasteiger partial charge on any atom is 0.337 e. The van der Waals surface area contributed by atoms with Gasteiger partial charge in [-0.15, -0.1) is 0 Å². The fourth-order valence-electron chi connectivity index (χ4n) is 3.15. The molecule has 2 N–H and O–H groups in total. The normalized spacial score (nSPS) is 13.3. The predicted molar refractivity (Wildman–Crippen MR) is 113 cm³/mol. The highest BCUT2D eigenvalue weighted by molar-refractivity contribution is 6.34. The van der Waals surface area contributed by atoms with Gasteiger partial charge in [0.15, 0.2) is 0 Å².